The first-order chi connectivity index (χ1) is 8.30. The van der Waals surface area contributed by atoms with E-state index in [0.29, 0.717) is 5.78 Å². The van der Waals surface area contributed by atoms with Crippen molar-refractivity contribution in [2.45, 2.75) is 84.0 Å². The van der Waals surface area contributed by atoms with Crippen molar-refractivity contribution in [2.75, 3.05) is 0 Å². The fourth-order valence-electron chi connectivity index (χ4n) is 2.47. The van der Waals surface area contributed by atoms with Crippen LogP contribution in [0.5, 0.6) is 0 Å². The van der Waals surface area contributed by atoms with Crippen LogP contribution in [0.4, 0.5) is 0 Å². The molecule has 0 heterocycles. The Morgan fingerprint density at radius 1 is 0.765 bits per heavy atom. The lowest BCUT2D eigenvalue weighted by Gasteiger charge is -2.02. The minimum absolute atomic E-state index is 0.375. The average molecular weight is 236 g/mol. The van der Waals surface area contributed by atoms with E-state index < -0.39 is 0 Å². The van der Waals surface area contributed by atoms with Crippen molar-refractivity contribution in [3.8, 4) is 0 Å². The molecule has 0 aromatic heterocycles. The Kier molecular flexibility index (Phi) is 8.04. The molecule has 1 nitrogen and oxygen atoms in total. The van der Waals surface area contributed by atoms with Crippen LogP contribution in [-0.2, 0) is 4.79 Å². The number of Topliss-reactive ketones (excluding diaryl/α,β-unsaturated/α-hetero) is 1. The number of hydrogen-bond acceptors (Lipinski definition) is 1. The Morgan fingerprint density at radius 3 is 1.82 bits per heavy atom. The lowest BCUT2D eigenvalue weighted by Crippen LogP contribution is -1.99. The van der Waals surface area contributed by atoms with Crippen LogP contribution < -0.4 is 0 Å². The fraction of sp³-hybridized carbons (Fsp3) is 0.812. The molecule has 0 aromatic rings. The second-order valence-corrected chi connectivity index (χ2v) is 5.38. The van der Waals surface area contributed by atoms with Crippen LogP contribution >= 0.6 is 0 Å². The Bertz CT molecular complexity index is 240. The van der Waals surface area contributed by atoms with Crippen molar-refractivity contribution >= 4 is 5.78 Å². The van der Waals surface area contributed by atoms with Gasteiger partial charge in [-0.05, 0) is 31.8 Å². The van der Waals surface area contributed by atoms with Gasteiger partial charge in [0.15, 0.2) is 5.78 Å². The van der Waals surface area contributed by atoms with Crippen molar-refractivity contribution in [3.63, 3.8) is 0 Å². The highest BCUT2D eigenvalue weighted by Gasteiger charge is 2.04. The third kappa shape index (κ3) is 7.36. The van der Waals surface area contributed by atoms with Crippen LogP contribution in [0.15, 0.2) is 11.6 Å². The summed E-state index contributed by atoms with van der Waals surface area (Å²) in [4.78, 5) is 11.8. The normalized spacial score (nSPS) is 22.4. The molecule has 0 aliphatic heterocycles. The first-order valence-electron chi connectivity index (χ1n) is 7.50. The van der Waals surface area contributed by atoms with Crippen LogP contribution in [0.1, 0.15) is 84.0 Å². The number of allylic oxidation sites excluding steroid dienone is 2. The van der Waals surface area contributed by atoms with E-state index in [-0.39, 0.29) is 0 Å². The zero-order valence-corrected chi connectivity index (χ0v) is 11.5. The molecule has 1 rings (SSSR count). The molecular formula is C16H28O. The molecule has 1 heteroatoms. The Labute approximate surface area is 107 Å². The largest absolute Gasteiger partial charge is 0.295 e. The van der Waals surface area contributed by atoms with Crippen LogP contribution in [0.3, 0.4) is 0 Å². The van der Waals surface area contributed by atoms with E-state index in [9.17, 15) is 4.79 Å². The zero-order chi connectivity index (χ0) is 12.3. The molecule has 98 valence electrons. The van der Waals surface area contributed by atoms with Gasteiger partial charge in [-0.2, -0.15) is 0 Å². The van der Waals surface area contributed by atoms with Crippen LogP contribution in [0.25, 0.3) is 0 Å². The topological polar surface area (TPSA) is 17.1 Å². The average Bonchev–Trinajstić information content (AvgIpc) is 2.34. The molecule has 0 amide bonds. The van der Waals surface area contributed by atoms with E-state index >= 15 is 0 Å². The van der Waals surface area contributed by atoms with E-state index in [1.807, 2.05) is 6.92 Å². The molecule has 0 atom stereocenters. The SMILES string of the molecule is CC1=CCCCCCCCCCCCCC1=O. The third-order valence-corrected chi connectivity index (χ3v) is 3.75. The lowest BCUT2D eigenvalue weighted by molar-refractivity contribution is -0.115. The summed E-state index contributed by atoms with van der Waals surface area (Å²) >= 11 is 0. The van der Waals surface area contributed by atoms with Gasteiger partial charge in [0, 0.05) is 6.42 Å². The monoisotopic (exact) mass is 236 g/mol. The van der Waals surface area contributed by atoms with E-state index in [2.05, 4.69) is 6.08 Å². The number of rotatable bonds is 0. The summed E-state index contributed by atoms with van der Waals surface area (Å²) in [6.45, 7) is 1.99. The molecule has 0 aromatic carbocycles. The molecule has 1 aliphatic carbocycles. The molecule has 0 saturated heterocycles. The molecule has 0 fully saturated rings. The summed E-state index contributed by atoms with van der Waals surface area (Å²) in [7, 11) is 0. The zero-order valence-electron chi connectivity index (χ0n) is 11.5. The second kappa shape index (κ2) is 9.44. The highest BCUT2D eigenvalue weighted by atomic mass is 16.1. The van der Waals surface area contributed by atoms with Gasteiger partial charge in [-0.15, -0.1) is 0 Å². The molecule has 1 aliphatic rings. The first-order valence-corrected chi connectivity index (χ1v) is 7.50. The number of hydrogen-bond donors (Lipinski definition) is 0. The van der Waals surface area contributed by atoms with Gasteiger partial charge in [0.1, 0.15) is 0 Å². The van der Waals surface area contributed by atoms with Crippen molar-refractivity contribution in [3.05, 3.63) is 11.6 Å². The van der Waals surface area contributed by atoms with Crippen molar-refractivity contribution in [1.82, 2.24) is 0 Å². The van der Waals surface area contributed by atoms with Gasteiger partial charge < -0.3 is 0 Å². The van der Waals surface area contributed by atoms with Crippen molar-refractivity contribution < 1.29 is 4.79 Å². The Morgan fingerprint density at radius 2 is 1.24 bits per heavy atom. The number of carbonyl (C=O) groups is 1. The van der Waals surface area contributed by atoms with Gasteiger partial charge >= 0.3 is 0 Å². The Balaban J connectivity index is 2.33. The predicted octanol–water partition coefficient (Wildman–Crippen LogP) is 5.20. The highest BCUT2D eigenvalue weighted by molar-refractivity contribution is 5.94. The summed E-state index contributed by atoms with van der Waals surface area (Å²) in [6.07, 6.45) is 17.2. The fourth-order valence-corrected chi connectivity index (χ4v) is 2.47. The van der Waals surface area contributed by atoms with Crippen molar-refractivity contribution in [1.29, 1.82) is 0 Å². The van der Waals surface area contributed by atoms with Crippen LogP contribution in [0, 0.1) is 0 Å². The second-order valence-electron chi connectivity index (χ2n) is 5.38. The molecule has 0 saturated carbocycles. The molecule has 0 N–H and O–H groups in total. The van der Waals surface area contributed by atoms with Crippen molar-refractivity contribution in [2.24, 2.45) is 0 Å². The predicted molar refractivity (Wildman–Crippen MR) is 74.2 cm³/mol. The summed E-state index contributed by atoms with van der Waals surface area (Å²) in [5, 5.41) is 0. The molecule has 0 unspecified atom stereocenters. The van der Waals surface area contributed by atoms with Crippen LogP contribution in [-0.4, -0.2) is 5.78 Å². The maximum atomic E-state index is 11.8. The quantitative estimate of drug-likeness (QED) is 0.565. The molecule has 0 radical (unpaired) electrons. The minimum Gasteiger partial charge on any atom is -0.295 e. The number of carbonyl (C=O) groups excluding carboxylic acids is 1. The standard InChI is InChI=1S/C16H28O/c1-15-13-11-9-7-5-3-2-4-6-8-10-12-14-16(15)17/h13H,2-12,14H2,1H3. The maximum Gasteiger partial charge on any atom is 0.158 e. The van der Waals surface area contributed by atoms with E-state index in [1.165, 1.54) is 57.8 Å². The molecular weight excluding hydrogens is 208 g/mol. The highest BCUT2D eigenvalue weighted by Crippen LogP contribution is 2.14. The summed E-state index contributed by atoms with van der Waals surface area (Å²) in [5.74, 6) is 0.375. The van der Waals surface area contributed by atoms with E-state index in [1.54, 1.807) is 0 Å². The summed E-state index contributed by atoms with van der Waals surface area (Å²) in [6, 6.07) is 0. The third-order valence-electron chi connectivity index (χ3n) is 3.75. The van der Waals surface area contributed by atoms with Gasteiger partial charge in [0.05, 0.1) is 0 Å². The van der Waals surface area contributed by atoms with Gasteiger partial charge in [0.2, 0.25) is 0 Å². The van der Waals surface area contributed by atoms with E-state index in [0.717, 1.165) is 24.8 Å². The van der Waals surface area contributed by atoms with Gasteiger partial charge in [-0.3, -0.25) is 4.79 Å². The smallest absolute Gasteiger partial charge is 0.158 e. The van der Waals surface area contributed by atoms with Gasteiger partial charge in [-0.1, -0.05) is 57.4 Å². The first kappa shape index (κ1) is 14.5. The summed E-state index contributed by atoms with van der Waals surface area (Å²) < 4.78 is 0. The van der Waals surface area contributed by atoms with Gasteiger partial charge in [0.25, 0.3) is 0 Å². The molecule has 0 bridgehead atoms. The summed E-state index contributed by atoms with van der Waals surface area (Å²) in [5.41, 5.74) is 1.000. The minimum atomic E-state index is 0.375. The Hall–Kier alpha value is -0.590. The maximum absolute atomic E-state index is 11.8. The lowest BCUT2D eigenvalue weighted by atomic mass is 10.0. The van der Waals surface area contributed by atoms with Crippen LogP contribution in [0.2, 0.25) is 0 Å². The van der Waals surface area contributed by atoms with E-state index in [4.69, 9.17) is 0 Å². The van der Waals surface area contributed by atoms with Gasteiger partial charge in [-0.25, -0.2) is 0 Å². The molecule has 17 heavy (non-hydrogen) atoms. The number of ketones is 1. The molecule has 0 spiro atoms.